The van der Waals surface area contributed by atoms with Crippen molar-refractivity contribution >= 4 is 21.9 Å². The van der Waals surface area contributed by atoms with E-state index in [9.17, 15) is 18.0 Å². The Kier molecular flexibility index (Phi) is 6.47. The molecule has 126 valence electrons. The van der Waals surface area contributed by atoms with Gasteiger partial charge in [0.2, 0.25) is 10.0 Å². The van der Waals surface area contributed by atoms with Crippen molar-refractivity contribution in [3.05, 3.63) is 42.5 Å². The van der Waals surface area contributed by atoms with Gasteiger partial charge in [-0.1, -0.05) is 6.08 Å². The number of aliphatic carboxylic acids is 1. The lowest BCUT2D eigenvalue weighted by molar-refractivity contribution is -0.138. The Morgan fingerprint density at radius 1 is 1.30 bits per heavy atom. The van der Waals surface area contributed by atoms with Crippen molar-refractivity contribution in [2.24, 2.45) is 0 Å². The van der Waals surface area contributed by atoms with E-state index >= 15 is 0 Å². The number of hydrogen-bond donors (Lipinski definition) is 2. The second-order valence-corrected chi connectivity index (χ2v) is 6.85. The van der Waals surface area contributed by atoms with Crippen LogP contribution in [0.5, 0.6) is 0 Å². The monoisotopic (exact) mass is 340 g/mol. The number of sulfonamides is 1. The highest BCUT2D eigenvalue weighted by atomic mass is 32.2. The summed E-state index contributed by atoms with van der Waals surface area (Å²) >= 11 is 0. The van der Waals surface area contributed by atoms with Gasteiger partial charge in [-0.25, -0.2) is 13.1 Å². The van der Waals surface area contributed by atoms with Gasteiger partial charge in [-0.2, -0.15) is 0 Å². The first-order valence-electron chi connectivity index (χ1n) is 6.92. The minimum atomic E-state index is -3.66. The Balaban J connectivity index is 3.01. The summed E-state index contributed by atoms with van der Waals surface area (Å²) in [5, 5.41) is 8.87. The van der Waals surface area contributed by atoms with Crippen molar-refractivity contribution in [3.63, 3.8) is 0 Å². The van der Waals surface area contributed by atoms with E-state index in [1.54, 1.807) is 13.8 Å². The minimum Gasteiger partial charge on any atom is -0.480 e. The van der Waals surface area contributed by atoms with Crippen LogP contribution in [0.1, 0.15) is 24.2 Å². The van der Waals surface area contributed by atoms with Crippen LogP contribution in [0.4, 0.5) is 0 Å². The lowest BCUT2D eigenvalue weighted by Gasteiger charge is -2.25. The van der Waals surface area contributed by atoms with Crippen LogP contribution >= 0.6 is 0 Å². The van der Waals surface area contributed by atoms with Gasteiger partial charge in [0.15, 0.2) is 0 Å². The average molecular weight is 340 g/mol. The van der Waals surface area contributed by atoms with E-state index in [1.807, 2.05) is 0 Å². The Morgan fingerprint density at radius 3 is 2.30 bits per heavy atom. The number of hydrogen-bond acceptors (Lipinski definition) is 4. The molecule has 0 unspecified atom stereocenters. The molecule has 0 radical (unpaired) electrons. The maximum Gasteiger partial charge on any atom is 0.323 e. The predicted molar refractivity (Wildman–Crippen MR) is 85.6 cm³/mol. The second-order valence-electron chi connectivity index (χ2n) is 5.09. The summed E-state index contributed by atoms with van der Waals surface area (Å²) in [6.07, 6.45) is 1.42. The highest BCUT2D eigenvalue weighted by molar-refractivity contribution is 7.89. The summed E-state index contributed by atoms with van der Waals surface area (Å²) in [6, 6.07) is 5.04. The Morgan fingerprint density at radius 2 is 1.87 bits per heavy atom. The number of rotatable bonds is 8. The molecule has 0 saturated heterocycles. The van der Waals surface area contributed by atoms with E-state index in [0.29, 0.717) is 0 Å². The quantitative estimate of drug-likeness (QED) is 0.689. The van der Waals surface area contributed by atoms with Gasteiger partial charge in [-0.05, 0) is 38.1 Å². The van der Waals surface area contributed by atoms with E-state index in [-0.39, 0.29) is 23.0 Å². The fourth-order valence-corrected chi connectivity index (χ4v) is 2.83. The van der Waals surface area contributed by atoms with Gasteiger partial charge in [0.05, 0.1) is 4.90 Å². The van der Waals surface area contributed by atoms with Gasteiger partial charge in [0.25, 0.3) is 5.91 Å². The molecule has 1 aromatic rings. The number of carbonyl (C=O) groups excluding carboxylic acids is 1. The number of benzene rings is 1. The van der Waals surface area contributed by atoms with Gasteiger partial charge in [-0.15, -0.1) is 6.58 Å². The van der Waals surface area contributed by atoms with Gasteiger partial charge in [0.1, 0.15) is 6.54 Å². The highest BCUT2D eigenvalue weighted by Gasteiger charge is 2.22. The van der Waals surface area contributed by atoms with Crippen LogP contribution in [0.2, 0.25) is 0 Å². The van der Waals surface area contributed by atoms with Crippen LogP contribution in [-0.2, 0) is 14.8 Å². The molecule has 0 saturated carbocycles. The molecule has 1 rings (SSSR count). The molecule has 8 heteroatoms. The summed E-state index contributed by atoms with van der Waals surface area (Å²) in [5.74, 6) is -1.58. The SMILES string of the molecule is C=CCNS(=O)(=O)c1ccc(C(=O)N(CC(=O)O)C(C)C)cc1. The van der Waals surface area contributed by atoms with Crippen molar-refractivity contribution in [3.8, 4) is 0 Å². The van der Waals surface area contributed by atoms with Crippen LogP contribution in [0.3, 0.4) is 0 Å². The first kappa shape index (κ1) is 18.9. The summed E-state index contributed by atoms with van der Waals surface area (Å²) in [6.45, 7) is 6.52. The topological polar surface area (TPSA) is 104 Å². The van der Waals surface area contributed by atoms with Gasteiger partial charge in [-0.3, -0.25) is 9.59 Å². The fourth-order valence-electron chi connectivity index (χ4n) is 1.83. The predicted octanol–water partition coefficient (Wildman–Crippen LogP) is 1.09. The molecule has 1 amide bonds. The molecular formula is C15H20N2O5S. The van der Waals surface area contributed by atoms with E-state index in [4.69, 9.17) is 5.11 Å². The number of nitrogens with zero attached hydrogens (tertiary/aromatic N) is 1. The molecule has 0 aromatic heterocycles. The molecule has 0 bridgehead atoms. The van der Waals surface area contributed by atoms with Crippen molar-refractivity contribution in [1.29, 1.82) is 0 Å². The Hall–Kier alpha value is -2.19. The molecule has 1 aromatic carbocycles. The van der Waals surface area contributed by atoms with Crippen LogP contribution < -0.4 is 4.72 Å². The van der Waals surface area contributed by atoms with Crippen molar-refractivity contribution in [2.45, 2.75) is 24.8 Å². The fraction of sp³-hybridized carbons (Fsp3) is 0.333. The molecule has 23 heavy (non-hydrogen) atoms. The summed E-state index contributed by atoms with van der Waals surface area (Å²) < 4.78 is 26.2. The Bertz CT molecular complexity index is 680. The molecule has 0 aliphatic carbocycles. The molecule has 0 spiro atoms. The zero-order chi connectivity index (χ0) is 17.6. The largest absolute Gasteiger partial charge is 0.480 e. The number of amides is 1. The third kappa shape index (κ3) is 5.19. The van der Waals surface area contributed by atoms with E-state index in [2.05, 4.69) is 11.3 Å². The maximum absolute atomic E-state index is 12.3. The lowest BCUT2D eigenvalue weighted by atomic mass is 10.1. The Labute approximate surface area is 135 Å². The number of nitrogens with one attached hydrogen (secondary N) is 1. The zero-order valence-electron chi connectivity index (χ0n) is 13.0. The summed E-state index contributed by atoms with van der Waals surface area (Å²) in [7, 11) is -3.66. The summed E-state index contributed by atoms with van der Waals surface area (Å²) in [5.41, 5.74) is 0.225. The normalized spacial score (nSPS) is 11.3. The highest BCUT2D eigenvalue weighted by Crippen LogP contribution is 2.13. The molecule has 7 nitrogen and oxygen atoms in total. The number of carbonyl (C=O) groups is 2. The first-order valence-corrected chi connectivity index (χ1v) is 8.40. The van der Waals surface area contributed by atoms with Crippen molar-refractivity contribution in [1.82, 2.24) is 9.62 Å². The molecule has 2 N–H and O–H groups in total. The second kappa shape index (κ2) is 7.89. The first-order chi connectivity index (χ1) is 10.7. The van der Waals surface area contributed by atoms with Crippen molar-refractivity contribution in [2.75, 3.05) is 13.1 Å². The number of carboxylic acids is 1. The van der Waals surface area contributed by atoms with Crippen molar-refractivity contribution < 1.29 is 23.1 Å². The summed E-state index contributed by atoms with van der Waals surface area (Å²) in [4.78, 5) is 24.4. The molecule has 0 heterocycles. The minimum absolute atomic E-state index is 0.0187. The van der Waals surface area contributed by atoms with E-state index < -0.39 is 28.4 Å². The van der Waals surface area contributed by atoms with E-state index in [0.717, 1.165) is 0 Å². The zero-order valence-corrected chi connectivity index (χ0v) is 13.8. The smallest absolute Gasteiger partial charge is 0.323 e. The van der Waals surface area contributed by atoms with Gasteiger partial charge < -0.3 is 10.0 Å². The van der Waals surface area contributed by atoms with Crippen LogP contribution in [-0.4, -0.2) is 49.4 Å². The van der Waals surface area contributed by atoms with Crippen LogP contribution in [0.15, 0.2) is 41.8 Å². The molecule has 0 aliphatic heterocycles. The average Bonchev–Trinajstić information content (AvgIpc) is 2.49. The van der Waals surface area contributed by atoms with E-state index in [1.165, 1.54) is 35.2 Å². The van der Waals surface area contributed by atoms with Gasteiger partial charge in [0, 0.05) is 18.2 Å². The molecule has 0 fully saturated rings. The lowest BCUT2D eigenvalue weighted by Crippen LogP contribution is -2.40. The van der Waals surface area contributed by atoms with Crippen LogP contribution in [0, 0.1) is 0 Å². The number of carboxylic acid groups (broad SMARTS) is 1. The molecule has 0 atom stereocenters. The maximum atomic E-state index is 12.3. The van der Waals surface area contributed by atoms with Gasteiger partial charge >= 0.3 is 5.97 Å². The molecular weight excluding hydrogens is 320 g/mol. The molecule has 0 aliphatic rings. The third-order valence-electron chi connectivity index (χ3n) is 3.02. The third-order valence-corrected chi connectivity index (χ3v) is 4.46. The van der Waals surface area contributed by atoms with Crippen LogP contribution in [0.25, 0.3) is 0 Å². The standard InChI is InChI=1S/C15H20N2O5S/c1-4-9-16-23(21,22)13-7-5-12(6-8-13)15(20)17(11(2)3)10-14(18)19/h4-8,11,16H,1,9-10H2,2-3H3,(H,18,19).